The molecule has 0 spiro atoms. The first-order valence-electron chi connectivity index (χ1n) is 8.62. The normalized spacial score (nSPS) is 18.1. The lowest BCUT2D eigenvalue weighted by Crippen LogP contribution is -2.67. The van der Waals surface area contributed by atoms with Gasteiger partial charge in [-0.15, -0.1) is 0 Å². The molecule has 1 atom stereocenters. The molecule has 3 aromatic heterocycles. The van der Waals surface area contributed by atoms with E-state index >= 15 is 0 Å². The number of aromatic amines is 1. The van der Waals surface area contributed by atoms with Gasteiger partial charge in [-0.2, -0.15) is 14.7 Å². The number of fused-ring (bicyclic) bond motifs is 1. The van der Waals surface area contributed by atoms with Crippen LogP contribution in [0.5, 0.6) is 0 Å². The second-order valence-electron chi connectivity index (χ2n) is 6.76. The van der Waals surface area contributed by atoms with Gasteiger partial charge in [0.2, 0.25) is 10.0 Å². The Balaban J connectivity index is 1.72. The lowest BCUT2D eigenvalue weighted by molar-refractivity contribution is 0.0357. The van der Waals surface area contributed by atoms with Crippen molar-refractivity contribution in [3.63, 3.8) is 0 Å². The Labute approximate surface area is 156 Å². The fraction of sp³-hybridized carbons (Fsp3) is 0.412. The van der Waals surface area contributed by atoms with Crippen LogP contribution in [0.4, 0.5) is 0 Å². The van der Waals surface area contributed by atoms with E-state index in [4.69, 9.17) is 0 Å². The Kier molecular flexibility index (Phi) is 4.01. The van der Waals surface area contributed by atoms with Crippen molar-refractivity contribution in [3.8, 4) is 17.3 Å². The molecule has 0 aromatic carbocycles. The molecule has 0 aliphatic carbocycles. The Morgan fingerprint density at radius 3 is 2.89 bits per heavy atom. The SMILES string of the molecule is CCS(=O)(=O)N1CC([C@H](C)C#N)(n2cc(-c3ncnc4[nH]ccc34)cn2)C1. The van der Waals surface area contributed by atoms with Crippen LogP contribution < -0.4 is 0 Å². The van der Waals surface area contributed by atoms with E-state index in [1.807, 2.05) is 12.3 Å². The van der Waals surface area contributed by atoms with E-state index in [0.717, 1.165) is 22.3 Å². The maximum atomic E-state index is 12.1. The Morgan fingerprint density at radius 2 is 2.19 bits per heavy atom. The van der Waals surface area contributed by atoms with Crippen LogP contribution >= 0.6 is 0 Å². The van der Waals surface area contributed by atoms with Gasteiger partial charge in [0.25, 0.3) is 0 Å². The predicted molar refractivity (Wildman–Crippen MR) is 98.9 cm³/mol. The summed E-state index contributed by atoms with van der Waals surface area (Å²) in [6, 6.07) is 4.16. The van der Waals surface area contributed by atoms with Crippen LogP contribution in [-0.2, 0) is 15.6 Å². The van der Waals surface area contributed by atoms with Crippen LogP contribution in [0.15, 0.2) is 31.0 Å². The molecule has 0 bridgehead atoms. The van der Waals surface area contributed by atoms with Gasteiger partial charge in [-0.05, 0) is 19.9 Å². The average Bonchev–Trinajstić information content (AvgIpc) is 3.29. The summed E-state index contributed by atoms with van der Waals surface area (Å²) in [5.74, 6) is -0.355. The van der Waals surface area contributed by atoms with E-state index in [1.165, 1.54) is 10.6 Å². The summed E-state index contributed by atoms with van der Waals surface area (Å²) in [5, 5.41) is 14.8. The molecule has 1 N–H and O–H groups in total. The molecule has 27 heavy (non-hydrogen) atoms. The highest BCUT2D eigenvalue weighted by Crippen LogP contribution is 2.38. The van der Waals surface area contributed by atoms with E-state index in [1.54, 1.807) is 30.9 Å². The van der Waals surface area contributed by atoms with Crippen molar-refractivity contribution in [1.29, 1.82) is 5.26 Å². The van der Waals surface area contributed by atoms with Crippen molar-refractivity contribution in [2.24, 2.45) is 5.92 Å². The molecule has 0 saturated carbocycles. The Bertz CT molecular complexity index is 1140. The smallest absolute Gasteiger partial charge is 0.213 e. The van der Waals surface area contributed by atoms with E-state index in [9.17, 15) is 13.7 Å². The van der Waals surface area contributed by atoms with Crippen LogP contribution in [0.1, 0.15) is 13.8 Å². The summed E-state index contributed by atoms with van der Waals surface area (Å²) in [4.78, 5) is 11.6. The fourth-order valence-corrected chi connectivity index (χ4v) is 4.68. The Hall–Kier alpha value is -2.77. The zero-order valence-electron chi connectivity index (χ0n) is 15.0. The summed E-state index contributed by atoms with van der Waals surface area (Å²) in [6.45, 7) is 3.89. The highest BCUT2D eigenvalue weighted by Gasteiger charge is 2.53. The minimum Gasteiger partial charge on any atom is -0.346 e. The van der Waals surface area contributed by atoms with Gasteiger partial charge in [0.05, 0.1) is 29.6 Å². The first-order chi connectivity index (χ1) is 12.9. The molecule has 9 nitrogen and oxygen atoms in total. The van der Waals surface area contributed by atoms with Crippen LogP contribution in [-0.4, -0.2) is 56.3 Å². The standard InChI is InChI=1S/C17H19N7O2S/c1-3-27(25,26)23-9-17(10-23,12(2)6-18)24-8-13(7-22-24)15-14-4-5-19-16(14)21-11-20-15/h4-5,7-8,11-12H,3,9-10H2,1-2H3,(H,19,20,21)/t12-/m1/s1. The molecule has 4 rings (SSSR count). The summed E-state index contributed by atoms with van der Waals surface area (Å²) < 4.78 is 27.4. The van der Waals surface area contributed by atoms with Gasteiger partial charge in [-0.25, -0.2) is 18.4 Å². The molecule has 10 heteroatoms. The zero-order chi connectivity index (χ0) is 19.2. The van der Waals surface area contributed by atoms with E-state index < -0.39 is 21.5 Å². The molecule has 1 saturated heterocycles. The first-order valence-corrected chi connectivity index (χ1v) is 10.2. The van der Waals surface area contributed by atoms with Gasteiger partial charge < -0.3 is 4.98 Å². The number of sulfonamides is 1. The number of H-pyrrole nitrogens is 1. The molecular weight excluding hydrogens is 366 g/mol. The molecule has 0 amide bonds. The maximum absolute atomic E-state index is 12.1. The first kappa shape index (κ1) is 17.6. The largest absolute Gasteiger partial charge is 0.346 e. The van der Waals surface area contributed by atoms with Crippen molar-refractivity contribution >= 4 is 21.1 Å². The number of nitriles is 1. The molecule has 4 heterocycles. The second kappa shape index (κ2) is 6.14. The predicted octanol–water partition coefficient (Wildman–Crippen LogP) is 1.34. The Morgan fingerprint density at radius 1 is 1.41 bits per heavy atom. The number of aromatic nitrogens is 5. The third kappa shape index (κ3) is 2.62. The zero-order valence-corrected chi connectivity index (χ0v) is 15.8. The molecule has 0 unspecified atom stereocenters. The van der Waals surface area contributed by atoms with Crippen LogP contribution in [0, 0.1) is 17.2 Å². The number of nitrogens with zero attached hydrogens (tertiary/aromatic N) is 6. The number of rotatable bonds is 5. The van der Waals surface area contributed by atoms with Crippen LogP contribution in [0.25, 0.3) is 22.3 Å². The monoisotopic (exact) mass is 385 g/mol. The third-order valence-corrected chi connectivity index (χ3v) is 7.10. The molecule has 3 aromatic rings. The van der Waals surface area contributed by atoms with Crippen molar-refractivity contribution in [1.82, 2.24) is 29.0 Å². The van der Waals surface area contributed by atoms with Crippen molar-refractivity contribution in [3.05, 3.63) is 31.0 Å². The van der Waals surface area contributed by atoms with Crippen LogP contribution in [0.3, 0.4) is 0 Å². The topological polar surface area (TPSA) is 121 Å². The highest BCUT2D eigenvalue weighted by molar-refractivity contribution is 7.89. The molecular formula is C17H19N7O2S. The second-order valence-corrected chi connectivity index (χ2v) is 9.02. The van der Waals surface area contributed by atoms with Gasteiger partial charge in [0.15, 0.2) is 0 Å². The minimum absolute atomic E-state index is 0.0424. The molecule has 1 fully saturated rings. The lowest BCUT2D eigenvalue weighted by Gasteiger charge is -2.50. The quantitative estimate of drug-likeness (QED) is 0.707. The summed E-state index contributed by atoms with van der Waals surface area (Å²) in [6.07, 6.45) is 6.81. The lowest BCUT2D eigenvalue weighted by atomic mass is 9.80. The minimum atomic E-state index is -3.29. The summed E-state index contributed by atoms with van der Waals surface area (Å²) >= 11 is 0. The van der Waals surface area contributed by atoms with Gasteiger partial charge in [-0.1, -0.05) is 0 Å². The van der Waals surface area contributed by atoms with Crippen LogP contribution in [0.2, 0.25) is 0 Å². The fourth-order valence-electron chi connectivity index (χ4n) is 3.47. The van der Waals surface area contributed by atoms with Gasteiger partial charge in [-0.3, -0.25) is 4.68 Å². The molecule has 0 radical (unpaired) electrons. The number of hydrogen-bond donors (Lipinski definition) is 1. The van der Waals surface area contributed by atoms with E-state index in [2.05, 4.69) is 26.1 Å². The maximum Gasteiger partial charge on any atom is 0.213 e. The highest BCUT2D eigenvalue weighted by atomic mass is 32.2. The van der Waals surface area contributed by atoms with Crippen molar-refractivity contribution in [2.75, 3.05) is 18.8 Å². The van der Waals surface area contributed by atoms with E-state index in [-0.39, 0.29) is 18.8 Å². The number of hydrogen-bond acceptors (Lipinski definition) is 6. The molecule has 1 aliphatic heterocycles. The van der Waals surface area contributed by atoms with Crippen molar-refractivity contribution < 1.29 is 8.42 Å². The third-order valence-electron chi connectivity index (χ3n) is 5.32. The molecule has 140 valence electrons. The number of nitrogens with one attached hydrogen (secondary N) is 1. The van der Waals surface area contributed by atoms with E-state index in [0.29, 0.717) is 0 Å². The average molecular weight is 385 g/mol. The van der Waals surface area contributed by atoms with Crippen molar-refractivity contribution in [2.45, 2.75) is 19.4 Å². The van der Waals surface area contributed by atoms with Gasteiger partial charge >= 0.3 is 0 Å². The van der Waals surface area contributed by atoms with Gasteiger partial charge in [0.1, 0.15) is 17.5 Å². The van der Waals surface area contributed by atoms with Gasteiger partial charge in [0, 0.05) is 36.4 Å². The summed E-state index contributed by atoms with van der Waals surface area (Å²) in [5.41, 5.74) is 1.59. The summed E-state index contributed by atoms with van der Waals surface area (Å²) in [7, 11) is -3.29. The molecule has 1 aliphatic rings.